The molecular formula is C13H16BrN3O2. The van der Waals surface area contributed by atoms with Gasteiger partial charge in [-0.15, -0.1) is 0 Å². The molecule has 0 aromatic carbocycles. The number of furan rings is 1. The van der Waals surface area contributed by atoms with Crippen molar-refractivity contribution >= 4 is 21.6 Å². The van der Waals surface area contributed by atoms with Crippen LogP contribution >= 0.6 is 15.9 Å². The highest BCUT2D eigenvalue weighted by molar-refractivity contribution is 9.10. The van der Waals surface area contributed by atoms with Crippen molar-refractivity contribution in [1.82, 2.24) is 9.78 Å². The summed E-state index contributed by atoms with van der Waals surface area (Å²) in [6, 6.07) is 3.79. The standard InChI is InChI=1S/C13H16BrN3O2/c1-4-17-13(18)12(14)10(7-15-17)16-9(3)11-6-5-8(2)19-11/h5-7,9,16H,4H2,1-3H3. The van der Waals surface area contributed by atoms with Crippen LogP contribution in [0.1, 0.15) is 31.4 Å². The summed E-state index contributed by atoms with van der Waals surface area (Å²) in [6.07, 6.45) is 1.64. The van der Waals surface area contributed by atoms with Crippen LogP contribution in [0.3, 0.4) is 0 Å². The number of nitrogens with zero attached hydrogens (tertiary/aromatic N) is 2. The van der Waals surface area contributed by atoms with E-state index in [9.17, 15) is 4.79 Å². The normalized spacial score (nSPS) is 12.4. The van der Waals surface area contributed by atoms with E-state index in [0.29, 0.717) is 16.7 Å². The molecule has 0 spiro atoms. The zero-order valence-corrected chi connectivity index (χ0v) is 12.7. The summed E-state index contributed by atoms with van der Waals surface area (Å²) in [7, 11) is 0. The first-order chi connectivity index (χ1) is 9.02. The number of rotatable bonds is 4. The fourth-order valence-electron chi connectivity index (χ4n) is 1.78. The lowest BCUT2D eigenvalue weighted by Crippen LogP contribution is -2.24. The van der Waals surface area contributed by atoms with E-state index < -0.39 is 0 Å². The molecule has 2 rings (SSSR count). The Morgan fingerprint density at radius 2 is 2.26 bits per heavy atom. The van der Waals surface area contributed by atoms with Gasteiger partial charge in [-0.2, -0.15) is 5.10 Å². The summed E-state index contributed by atoms with van der Waals surface area (Å²) in [5.74, 6) is 1.69. The lowest BCUT2D eigenvalue weighted by molar-refractivity contribution is 0.466. The molecule has 0 aliphatic rings. The minimum absolute atomic E-state index is 0.0383. The van der Waals surface area contributed by atoms with Crippen LogP contribution in [0.2, 0.25) is 0 Å². The zero-order chi connectivity index (χ0) is 14.0. The van der Waals surface area contributed by atoms with Crippen LogP contribution < -0.4 is 10.9 Å². The predicted octanol–water partition coefficient (Wildman–Crippen LogP) is 3.10. The molecule has 1 atom stereocenters. The minimum Gasteiger partial charge on any atom is -0.464 e. The molecule has 2 aromatic heterocycles. The molecule has 0 aliphatic carbocycles. The quantitative estimate of drug-likeness (QED) is 0.938. The summed E-state index contributed by atoms with van der Waals surface area (Å²) in [4.78, 5) is 11.9. The van der Waals surface area contributed by atoms with Crippen molar-refractivity contribution in [3.05, 3.63) is 44.7 Å². The lowest BCUT2D eigenvalue weighted by Gasteiger charge is -2.14. The molecular weight excluding hydrogens is 310 g/mol. The van der Waals surface area contributed by atoms with Crippen molar-refractivity contribution in [2.75, 3.05) is 5.32 Å². The van der Waals surface area contributed by atoms with Crippen molar-refractivity contribution in [3.63, 3.8) is 0 Å². The van der Waals surface area contributed by atoms with Crippen LogP contribution in [-0.4, -0.2) is 9.78 Å². The van der Waals surface area contributed by atoms with E-state index in [-0.39, 0.29) is 11.6 Å². The molecule has 2 aromatic rings. The Kier molecular flexibility index (Phi) is 4.09. The Labute approximate surface area is 119 Å². The maximum atomic E-state index is 11.9. The van der Waals surface area contributed by atoms with Gasteiger partial charge in [0, 0.05) is 6.54 Å². The van der Waals surface area contributed by atoms with Crippen molar-refractivity contribution in [1.29, 1.82) is 0 Å². The first-order valence-electron chi connectivity index (χ1n) is 6.11. The van der Waals surface area contributed by atoms with Gasteiger partial charge < -0.3 is 9.73 Å². The van der Waals surface area contributed by atoms with Crippen molar-refractivity contribution in [2.45, 2.75) is 33.4 Å². The summed E-state index contributed by atoms with van der Waals surface area (Å²) in [5.41, 5.74) is 0.520. The summed E-state index contributed by atoms with van der Waals surface area (Å²) < 4.78 is 7.44. The zero-order valence-electron chi connectivity index (χ0n) is 11.1. The van der Waals surface area contributed by atoms with Crippen molar-refractivity contribution in [3.8, 4) is 0 Å². The molecule has 0 fully saturated rings. The Balaban J connectivity index is 2.24. The van der Waals surface area contributed by atoms with E-state index in [1.807, 2.05) is 32.9 Å². The smallest absolute Gasteiger partial charge is 0.283 e. The van der Waals surface area contributed by atoms with Crippen LogP contribution in [0.5, 0.6) is 0 Å². The van der Waals surface area contributed by atoms with Crippen molar-refractivity contribution < 1.29 is 4.42 Å². The molecule has 1 unspecified atom stereocenters. The third kappa shape index (κ3) is 2.89. The molecule has 102 valence electrons. The fourth-order valence-corrected chi connectivity index (χ4v) is 2.20. The van der Waals surface area contributed by atoms with Gasteiger partial charge in [-0.3, -0.25) is 4.79 Å². The van der Waals surface area contributed by atoms with Gasteiger partial charge in [-0.25, -0.2) is 4.68 Å². The molecule has 0 saturated heterocycles. The van der Waals surface area contributed by atoms with Gasteiger partial charge in [-0.05, 0) is 48.8 Å². The van der Waals surface area contributed by atoms with Gasteiger partial charge in [-0.1, -0.05) is 0 Å². The van der Waals surface area contributed by atoms with Gasteiger partial charge in [0.15, 0.2) is 0 Å². The Hall–Kier alpha value is -1.56. The van der Waals surface area contributed by atoms with Gasteiger partial charge >= 0.3 is 0 Å². The Morgan fingerprint density at radius 3 is 2.84 bits per heavy atom. The van der Waals surface area contributed by atoms with Crippen LogP contribution in [0, 0.1) is 6.92 Å². The predicted molar refractivity (Wildman–Crippen MR) is 77.4 cm³/mol. The van der Waals surface area contributed by atoms with Crippen LogP contribution in [0.25, 0.3) is 0 Å². The number of hydrogen-bond donors (Lipinski definition) is 1. The minimum atomic E-state index is -0.143. The third-order valence-corrected chi connectivity index (χ3v) is 3.61. The molecule has 0 bridgehead atoms. The molecule has 1 N–H and O–H groups in total. The van der Waals surface area contributed by atoms with E-state index in [4.69, 9.17) is 4.42 Å². The third-order valence-electron chi connectivity index (χ3n) is 2.84. The van der Waals surface area contributed by atoms with Crippen molar-refractivity contribution in [2.24, 2.45) is 0 Å². The average Bonchev–Trinajstić information content (AvgIpc) is 2.82. The number of hydrogen-bond acceptors (Lipinski definition) is 4. The monoisotopic (exact) mass is 325 g/mol. The Bertz CT molecular complexity index is 633. The number of aryl methyl sites for hydroxylation is 2. The van der Waals surface area contributed by atoms with Crippen LogP contribution in [0.15, 0.2) is 32.0 Å². The van der Waals surface area contributed by atoms with Gasteiger partial charge in [0.25, 0.3) is 5.56 Å². The second-order valence-electron chi connectivity index (χ2n) is 4.31. The first kappa shape index (κ1) is 13.9. The molecule has 19 heavy (non-hydrogen) atoms. The summed E-state index contributed by atoms with van der Waals surface area (Å²) in [6.45, 7) is 6.29. The molecule has 0 amide bonds. The van der Waals surface area contributed by atoms with E-state index >= 15 is 0 Å². The molecule has 2 heterocycles. The maximum Gasteiger partial charge on any atom is 0.283 e. The molecule has 0 saturated carbocycles. The highest BCUT2D eigenvalue weighted by atomic mass is 79.9. The molecule has 5 nitrogen and oxygen atoms in total. The maximum absolute atomic E-state index is 11.9. The van der Waals surface area contributed by atoms with Gasteiger partial charge in [0.1, 0.15) is 16.0 Å². The van der Waals surface area contributed by atoms with E-state index in [0.717, 1.165) is 11.5 Å². The highest BCUT2D eigenvalue weighted by Crippen LogP contribution is 2.24. The van der Waals surface area contributed by atoms with Crippen LogP contribution in [-0.2, 0) is 6.54 Å². The number of anilines is 1. The lowest BCUT2D eigenvalue weighted by atomic mass is 10.2. The average molecular weight is 326 g/mol. The van der Waals surface area contributed by atoms with Gasteiger partial charge in [0.05, 0.1) is 17.9 Å². The van der Waals surface area contributed by atoms with Gasteiger partial charge in [0.2, 0.25) is 0 Å². The fraction of sp³-hybridized carbons (Fsp3) is 0.385. The number of nitrogens with one attached hydrogen (secondary N) is 1. The SMILES string of the molecule is CCn1ncc(NC(C)c2ccc(C)o2)c(Br)c1=O. The number of halogens is 1. The van der Waals surface area contributed by atoms with E-state index in [1.165, 1.54) is 4.68 Å². The highest BCUT2D eigenvalue weighted by Gasteiger charge is 2.13. The molecule has 0 aliphatic heterocycles. The second-order valence-corrected chi connectivity index (χ2v) is 5.10. The largest absolute Gasteiger partial charge is 0.464 e. The van der Waals surface area contributed by atoms with E-state index in [2.05, 4.69) is 26.3 Å². The first-order valence-corrected chi connectivity index (χ1v) is 6.90. The molecule has 6 heteroatoms. The molecule has 0 radical (unpaired) electrons. The van der Waals surface area contributed by atoms with Crippen LogP contribution in [0.4, 0.5) is 5.69 Å². The summed E-state index contributed by atoms with van der Waals surface area (Å²) in [5, 5.41) is 7.31. The number of aromatic nitrogens is 2. The summed E-state index contributed by atoms with van der Waals surface area (Å²) >= 11 is 3.31. The topological polar surface area (TPSA) is 60.1 Å². The van der Waals surface area contributed by atoms with E-state index in [1.54, 1.807) is 6.20 Å². The Morgan fingerprint density at radius 1 is 1.53 bits per heavy atom. The second kappa shape index (κ2) is 5.61.